The summed E-state index contributed by atoms with van der Waals surface area (Å²) in [5.74, 6) is 1.57. The highest BCUT2D eigenvalue weighted by Crippen LogP contribution is 2.27. The summed E-state index contributed by atoms with van der Waals surface area (Å²) in [4.78, 5) is 4.34. The van der Waals surface area contributed by atoms with Crippen molar-refractivity contribution in [1.29, 1.82) is 0 Å². The number of rotatable bonds is 7. The van der Waals surface area contributed by atoms with Gasteiger partial charge in [0.25, 0.3) is 0 Å². The van der Waals surface area contributed by atoms with Crippen LogP contribution in [-0.4, -0.2) is 37.0 Å². The van der Waals surface area contributed by atoms with E-state index in [1.807, 2.05) is 31.2 Å². The molecule has 4 rings (SSSR count). The second kappa shape index (κ2) is 8.17. The molecule has 0 fully saturated rings. The molecule has 142 valence electrons. The molecule has 0 aliphatic carbocycles. The first-order valence-corrected chi connectivity index (χ1v) is 9.45. The zero-order valence-electron chi connectivity index (χ0n) is 14.8. The number of ether oxygens (including phenoxy) is 1. The molecule has 0 saturated heterocycles. The monoisotopic (exact) mass is 398 g/mol. The number of hydrogen-bond donors (Lipinski definition) is 0. The number of aromatic nitrogens is 6. The van der Waals surface area contributed by atoms with Gasteiger partial charge in [0.1, 0.15) is 17.3 Å². The maximum atomic E-state index is 13.0. The summed E-state index contributed by atoms with van der Waals surface area (Å²) in [5, 5.41) is 16.4. The predicted molar refractivity (Wildman–Crippen MR) is 99.6 cm³/mol. The molecule has 0 N–H and O–H groups in total. The summed E-state index contributed by atoms with van der Waals surface area (Å²) >= 11 is 1.35. The van der Waals surface area contributed by atoms with E-state index in [4.69, 9.17) is 9.26 Å². The molecule has 0 aliphatic rings. The van der Waals surface area contributed by atoms with Crippen molar-refractivity contribution in [3.8, 4) is 22.8 Å². The number of nitrogens with zero attached hydrogens (tertiary/aromatic N) is 6. The molecule has 0 unspecified atom stereocenters. The first-order chi connectivity index (χ1) is 13.7. The largest absolute Gasteiger partial charge is 0.492 e. The second-order valence-corrected chi connectivity index (χ2v) is 6.52. The summed E-state index contributed by atoms with van der Waals surface area (Å²) in [6, 6.07) is 13.4. The van der Waals surface area contributed by atoms with Crippen LogP contribution < -0.4 is 4.74 Å². The van der Waals surface area contributed by atoms with E-state index < -0.39 is 0 Å². The molecule has 4 aromatic rings. The smallest absolute Gasteiger partial charge is 0.237 e. The van der Waals surface area contributed by atoms with Crippen molar-refractivity contribution in [3.63, 3.8) is 0 Å². The molecule has 0 bridgehead atoms. The van der Waals surface area contributed by atoms with E-state index >= 15 is 0 Å². The van der Waals surface area contributed by atoms with Gasteiger partial charge in [-0.3, -0.25) is 0 Å². The lowest BCUT2D eigenvalue weighted by molar-refractivity contribution is 0.337. The predicted octanol–water partition coefficient (Wildman–Crippen LogP) is 3.54. The third kappa shape index (κ3) is 3.86. The maximum absolute atomic E-state index is 13.0. The average Bonchev–Trinajstić information content (AvgIpc) is 3.37. The molecule has 2 aromatic heterocycles. The van der Waals surface area contributed by atoms with Gasteiger partial charge in [-0.15, -0.1) is 5.10 Å². The lowest BCUT2D eigenvalue weighted by Gasteiger charge is -2.10. The van der Waals surface area contributed by atoms with E-state index in [0.717, 1.165) is 5.69 Å². The Morgan fingerprint density at radius 2 is 1.96 bits per heavy atom. The highest BCUT2D eigenvalue weighted by molar-refractivity contribution is 7.98. The fourth-order valence-electron chi connectivity index (χ4n) is 2.49. The SMILES string of the molecule is CCOc1ccccc1-n1nnnc1SCc1nc(-c2ccc(F)cc2)no1. The van der Waals surface area contributed by atoms with Gasteiger partial charge < -0.3 is 9.26 Å². The normalized spacial score (nSPS) is 10.9. The third-order valence-electron chi connectivity index (χ3n) is 3.73. The summed E-state index contributed by atoms with van der Waals surface area (Å²) in [6.45, 7) is 2.45. The Kier molecular flexibility index (Phi) is 5.29. The van der Waals surface area contributed by atoms with Gasteiger partial charge in [-0.2, -0.15) is 9.67 Å². The fraction of sp³-hybridized carbons (Fsp3) is 0.167. The minimum Gasteiger partial charge on any atom is -0.492 e. The molecular weight excluding hydrogens is 383 g/mol. The quantitative estimate of drug-likeness (QED) is 0.437. The van der Waals surface area contributed by atoms with Crippen LogP contribution in [0.4, 0.5) is 4.39 Å². The summed E-state index contributed by atoms with van der Waals surface area (Å²) in [5.41, 5.74) is 1.42. The Balaban J connectivity index is 1.50. The average molecular weight is 398 g/mol. The van der Waals surface area contributed by atoms with Crippen LogP contribution in [0.5, 0.6) is 5.75 Å². The summed E-state index contributed by atoms with van der Waals surface area (Å²) < 4.78 is 25.6. The maximum Gasteiger partial charge on any atom is 0.237 e. The standard InChI is InChI=1S/C18H15FN6O2S/c1-2-26-15-6-4-3-5-14(15)25-18(21-23-24-25)28-11-16-20-17(22-27-16)12-7-9-13(19)10-8-12/h3-10H,2,11H2,1H3. The van der Waals surface area contributed by atoms with Crippen molar-refractivity contribution in [2.75, 3.05) is 6.61 Å². The first-order valence-electron chi connectivity index (χ1n) is 8.46. The molecule has 0 aliphatic heterocycles. The van der Waals surface area contributed by atoms with Crippen LogP contribution >= 0.6 is 11.8 Å². The Bertz CT molecular complexity index is 1070. The molecule has 28 heavy (non-hydrogen) atoms. The molecule has 0 radical (unpaired) electrons. The van der Waals surface area contributed by atoms with E-state index in [1.165, 1.54) is 23.9 Å². The number of tetrazole rings is 1. The topological polar surface area (TPSA) is 91.8 Å². The minimum atomic E-state index is -0.317. The van der Waals surface area contributed by atoms with E-state index in [2.05, 4.69) is 25.7 Å². The van der Waals surface area contributed by atoms with Crippen LogP contribution in [0.1, 0.15) is 12.8 Å². The third-order valence-corrected chi connectivity index (χ3v) is 4.63. The lowest BCUT2D eigenvalue weighted by Crippen LogP contribution is -2.03. The van der Waals surface area contributed by atoms with Gasteiger partial charge in [0.2, 0.25) is 16.9 Å². The number of thioether (sulfide) groups is 1. The highest BCUT2D eigenvalue weighted by atomic mass is 32.2. The van der Waals surface area contributed by atoms with E-state index in [-0.39, 0.29) is 5.82 Å². The molecule has 0 spiro atoms. The highest BCUT2D eigenvalue weighted by Gasteiger charge is 2.15. The molecule has 10 heteroatoms. The zero-order chi connectivity index (χ0) is 19.3. The van der Waals surface area contributed by atoms with E-state index in [9.17, 15) is 4.39 Å². The molecule has 0 saturated carbocycles. The zero-order valence-corrected chi connectivity index (χ0v) is 15.6. The van der Waals surface area contributed by atoms with Crippen molar-refractivity contribution in [3.05, 3.63) is 60.2 Å². The molecule has 2 heterocycles. The fourth-order valence-corrected chi connectivity index (χ4v) is 3.21. The van der Waals surface area contributed by atoms with Crippen LogP contribution in [0.3, 0.4) is 0 Å². The van der Waals surface area contributed by atoms with Crippen LogP contribution in [0.25, 0.3) is 17.1 Å². The molecule has 0 amide bonds. The van der Waals surface area contributed by atoms with Gasteiger partial charge >= 0.3 is 0 Å². The van der Waals surface area contributed by atoms with Crippen molar-refractivity contribution in [1.82, 2.24) is 30.3 Å². The molecule has 8 nitrogen and oxygen atoms in total. The van der Waals surface area contributed by atoms with Crippen LogP contribution in [0.2, 0.25) is 0 Å². The van der Waals surface area contributed by atoms with Crippen molar-refractivity contribution >= 4 is 11.8 Å². The number of para-hydroxylation sites is 2. The number of hydrogen-bond acceptors (Lipinski definition) is 8. The van der Waals surface area contributed by atoms with Crippen LogP contribution in [0, 0.1) is 5.82 Å². The van der Waals surface area contributed by atoms with Crippen LogP contribution in [0.15, 0.2) is 58.2 Å². The summed E-state index contributed by atoms with van der Waals surface area (Å²) in [6.07, 6.45) is 0. The van der Waals surface area contributed by atoms with Gasteiger partial charge in [-0.25, -0.2) is 4.39 Å². The Labute approximate surface area is 163 Å². The Hall–Kier alpha value is -3.27. The van der Waals surface area contributed by atoms with E-state index in [0.29, 0.717) is 40.5 Å². The van der Waals surface area contributed by atoms with Crippen molar-refractivity contribution < 1.29 is 13.7 Å². The van der Waals surface area contributed by atoms with Crippen LogP contribution in [-0.2, 0) is 5.75 Å². The van der Waals surface area contributed by atoms with E-state index in [1.54, 1.807) is 16.8 Å². The van der Waals surface area contributed by atoms with Gasteiger partial charge in [0, 0.05) is 5.56 Å². The van der Waals surface area contributed by atoms with Gasteiger partial charge in [0.15, 0.2) is 0 Å². The Morgan fingerprint density at radius 1 is 1.14 bits per heavy atom. The summed E-state index contributed by atoms with van der Waals surface area (Å²) in [7, 11) is 0. The minimum absolute atomic E-state index is 0.317. The lowest BCUT2D eigenvalue weighted by atomic mass is 10.2. The van der Waals surface area contributed by atoms with Crippen molar-refractivity contribution in [2.24, 2.45) is 0 Å². The number of halogens is 1. The molecule has 2 aromatic carbocycles. The Morgan fingerprint density at radius 3 is 2.79 bits per heavy atom. The number of benzene rings is 2. The molecule has 0 atom stereocenters. The van der Waals surface area contributed by atoms with Crippen molar-refractivity contribution in [2.45, 2.75) is 17.8 Å². The molecular formula is C18H15FN6O2S. The first kappa shape index (κ1) is 18.1. The van der Waals surface area contributed by atoms with Gasteiger partial charge in [0.05, 0.1) is 12.4 Å². The second-order valence-electron chi connectivity index (χ2n) is 5.58. The van der Waals surface area contributed by atoms with Gasteiger partial charge in [-0.05, 0) is 53.7 Å². The van der Waals surface area contributed by atoms with Gasteiger partial charge in [-0.1, -0.05) is 29.1 Å².